The Morgan fingerprint density at radius 2 is 1.42 bits per heavy atom. The van der Waals surface area contributed by atoms with Crippen LogP contribution in [0.15, 0.2) is 48.5 Å². The van der Waals surface area contributed by atoms with Crippen LogP contribution in [0.1, 0.15) is 5.56 Å². The molecule has 0 unspecified atom stereocenters. The minimum absolute atomic E-state index is 0.252. The molecule has 2 aromatic carbocycles. The van der Waals surface area contributed by atoms with Crippen molar-refractivity contribution in [2.24, 2.45) is 0 Å². The molecule has 6 heteroatoms. The molecule has 0 amide bonds. The Kier molecular flexibility index (Phi) is 3.64. The van der Waals surface area contributed by atoms with Gasteiger partial charge < -0.3 is 10.0 Å². The van der Waals surface area contributed by atoms with Gasteiger partial charge in [0.2, 0.25) is 0 Å². The van der Waals surface area contributed by atoms with Crippen molar-refractivity contribution in [1.82, 2.24) is 0 Å². The Morgan fingerprint density at radius 1 is 0.842 bits per heavy atom. The normalized spacial score (nSPS) is 11.4. The fraction of sp³-hybridized carbons (Fsp3) is 0.0769. The van der Waals surface area contributed by atoms with Gasteiger partial charge in [0.15, 0.2) is 0 Å². The number of hydrogen-bond acceptors (Lipinski definition) is 2. The summed E-state index contributed by atoms with van der Waals surface area (Å²) < 4.78 is 37.3. The van der Waals surface area contributed by atoms with E-state index in [2.05, 4.69) is 0 Å². The van der Waals surface area contributed by atoms with Gasteiger partial charge in [0.05, 0.1) is 5.56 Å². The maximum absolute atomic E-state index is 12.4. The molecule has 0 atom stereocenters. The summed E-state index contributed by atoms with van der Waals surface area (Å²) in [6.07, 6.45) is -4.38. The molecular weight excluding hydrogens is 256 g/mol. The Hall–Kier alpha value is -1.79. The van der Waals surface area contributed by atoms with Gasteiger partial charge in [-0.15, -0.1) is 0 Å². The molecule has 0 aliphatic rings. The van der Waals surface area contributed by atoms with Crippen molar-refractivity contribution in [3.05, 3.63) is 54.1 Å². The zero-order chi connectivity index (χ0) is 14.0. The third kappa shape index (κ3) is 2.97. The van der Waals surface area contributed by atoms with E-state index in [1.165, 1.54) is 18.2 Å². The van der Waals surface area contributed by atoms with Crippen molar-refractivity contribution < 1.29 is 23.2 Å². The standard InChI is InChI=1S/C13H10BF3O2/c15-13(16,17)10-7-5-9(6-8-10)11-3-1-2-4-12(11)14(18)19/h1-8,18-19H. The van der Waals surface area contributed by atoms with Gasteiger partial charge in [-0.3, -0.25) is 0 Å². The van der Waals surface area contributed by atoms with Gasteiger partial charge in [-0.05, 0) is 28.7 Å². The van der Waals surface area contributed by atoms with Crippen LogP contribution in [0.2, 0.25) is 0 Å². The average molecular weight is 266 g/mol. The predicted molar refractivity (Wildman–Crippen MR) is 66.7 cm³/mol. The van der Waals surface area contributed by atoms with Gasteiger partial charge in [0.1, 0.15) is 0 Å². The first kappa shape index (κ1) is 13.6. The number of alkyl halides is 3. The van der Waals surface area contributed by atoms with Crippen LogP contribution in [-0.4, -0.2) is 17.2 Å². The molecule has 0 aliphatic heterocycles. The lowest BCUT2D eigenvalue weighted by Gasteiger charge is -2.11. The number of halogens is 3. The molecule has 98 valence electrons. The van der Waals surface area contributed by atoms with E-state index in [1.807, 2.05) is 0 Å². The first-order chi connectivity index (χ1) is 8.89. The highest BCUT2D eigenvalue weighted by Crippen LogP contribution is 2.30. The zero-order valence-electron chi connectivity index (χ0n) is 9.72. The third-order valence-electron chi connectivity index (χ3n) is 2.76. The van der Waals surface area contributed by atoms with Gasteiger partial charge in [0.25, 0.3) is 0 Å². The van der Waals surface area contributed by atoms with E-state index in [4.69, 9.17) is 0 Å². The summed E-state index contributed by atoms with van der Waals surface area (Å²) in [5.41, 5.74) is 0.503. The minimum Gasteiger partial charge on any atom is -0.423 e. The first-order valence-corrected chi connectivity index (χ1v) is 5.52. The summed E-state index contributed by atoms with van der Waals surface area (Å²) in [7, 11) is -1.67. The van der Waals surface area contributed by atoms with Crippen molar-refractivity contribution in [2.75, 3.05) is 0 Å². The first-order valence-electron chi connectivity index (χ1n) is 5.52. The highest BCUT2D eigenvalue weighted by atomic mass is 19.4. The molecule has 19 heavy (non-hydrogen) atoms. The van der Waals surface area contributed by atoms with Crippen LogP contribution in [0.4, 0.5) is 13.2 Å². The Morgan fingerprint density at radius 3 is 1.95 bits per heavy atom. The van der Waals surface area contributed by atoms with Crippen LogP contribution >= 0.6 is 0 Å². The highest BCUT2D eigenvalue weighted by Gasteiger charge is 2.30. The van der Waals surface area contributed by atoms with E-state index in [9.17, 15) is 23.2 Å². The lowest BCUT2D eigenvalue weighted by Crippen LogP contribution is -2.31. The molecule has 2 aromatic rings. The number of benzene rings is 2. The molecule has 0 aromatic heterocycles. The van der Waals surface area contributed by atoms with Gasteiger partial charge in [-0.1, -0.05) is 36.4 Å². The van der Waals surface area contributed by atoms with Crippen LogP contribution < -0.4 is 5.46 Å². The molecule has 0 saturated heterocycles. The van der Waals surface area contributed by atoms with E-state index in [0.717, 1.165) is 12.1 Å². The quantitative estimate of drug-likeness (QED) is 0.817. The van der Waals surface area contributed by atoms with Gasteiger partial charge >= 0.3 is 13.3 Å². The molecule has 0 aliphatic carbocycles. The molecular formula is C13H10BF3O2. The monoisotopic (exact) mass is 266 g/mol. The summed E-state index contributed by atoms with van der Waals surface area (Å²) >= 11 is 0. The van der Waals surface area contributed by atoms with Crippen molar-refractivity contribution in [1.29, 1.82) is 0 Å². The highest BCUT2D eigenvalue weighted by molar-refractivity contribution is 6.60. The van der Waals surface area contributed by atoms with Crippen LogP contribution in [0, 0.1) is 0 Å². The largest absolute Gasteiger partial charge is 0.489 e. The average Bonchev–Trinajstić information content (AvgIpc) is 2.38. The summed E-state index contributed by atoms with van der Waals surface area (Å²) in [6.45, 7) is 0. The maximum atomic E-state index is 12.4. The Labute approximate surface area is 108 Å². The lowest BCUT2D eigenvalue weighted by atomic mass is 9.75. The van der Waals surface area contributed by atoms with Crippen molar-refractivity contribution in [3.63, 3.8) is 0 Å². The van der Waals surface area contributed by atoms with Crippen LogP contribution in [-0.2, 0) is 6.18 Å². The minimum atomic E-state index is -4.38. The molecule has 2 nitrogen and oxygen atoms in total. The summed E-state index contributed by atoms with van der Waals surface area (Å²) in [4.78, 5) is 0. The molecule has 2 N–H and O–H groups in total. The van der Waals surface area contributed by atoms with Crippen molar-refractivity contribution in [3.8, 4) is 11.1 Å². The van der Waals surface area contributed by atoms with Crippen LogP contribution in [0.3, 0.4) is 0 Å². The number of hydrogen-bond donors (Lipinski definition) is 2. The van der Waals surface area contributed by atoms with Gasteiger partial charge in [0, 0.05) is 0 Å². The summed E-state index contributed by atoms with van der Waals surface area (Å²) in [5, 5.41) is 18.5. The third-order valence-corrected chi connectivity index (χ3v) is 2.76. The summed E-state index contributed by atoms with van der Waals surface area (Å²) in [6, 6.07) is 11.0. The van der Waals surface area contributed by atoms with Crippen molar-refractivity contribution in [2.45, 2.75) is 6.18 Å². The fourth-order valence-corrected chi connectivity index (χ4v) is 1.82. The molecule has 0 spiro atoms. The zero-order valence-corrected chi connectivity index (χ0v) is 9.72. The molecule has 0 bridgehead atoms. The second kappa shape index (κ2) is 5.07. The van der Waals surface area contributed by atoms with Gasteiger partial charge in [-0.25, -0.2) is 0 Å². The predicted octanol–water partition coefficient (Wildman–Crippen LogP) is 2.05. The second-order valence-corrected chi connectivity index (χ2v) is 4.04. The SMILES string of the molecule is OB(O)c1ccccc1-c1ccc(C(F)(F)F)cc1. The van der Waals surface area contributed by atoms with Crippen molar-refractivity contribution >= 4 is 12.6 Å². The lowest BCUT2D eigenvalue weighted by molar-refractivity contribution is -0.137. The van der Waals surface area contributed by atoms with E-state index in [-0.39, 0.29) is 5.46 Å². The Balaban J connectivity index is 2.43. The second-order valence-electron chi connectivity index (χ2n) is 4.04. The molecule has 0 fully saturated rings. The maximum Gasteiger partial charge on any atom is 0.489 e. The smallest absolute Gasteiger partial charge is 0.423 e. The van der Waals surface area contributed by atoms with E-state index < -0.39 is 18.9 Å². The molecule has 0 radical (unpaired) electrons. The topological polar surface area (TPSA) is 40.5 Å². The molecule has 2 rings (SSSR count). The Bertz CT molecular complexity index is 565. The van der Waals surface area contributed by atoms with Gasteiger partial charge in [-0.2, -0.15) is 13.2 Å². The summed E-state index contributed by atoms with van der Waals surface area (Å²) in [5.74, 6) is 0. The van der Waals surface area contributed by atoms with Crippen LogP contribution in [0.5, 0.6) is 0 Å². The fourth-order valence-electron chi connectivity index (χ4n) is 1.82. The van der Waals surface area contributed by atoms with E-state index in [0.29, 0.717) is 11.1 Å². The molecule has 0 saturated carbocycles. The molecule has 0 heterocycles. The number of rotatable bonds is 2. The van der Waals surface area contributed by atoms with E-state index >= 15 is 0 Å². The van der Waals surface area contributed by atoms with Crippen LogP contribution in [0.25, 0.3) is 11.1 Å². The van der Waals surface area contributed by atoms with E-state index in [1.54, 1.807) is 18.2 Å².